The molecule has 5 heteroatoms. The molecule has 0 spiro atoms. The van der Waals surface area contributed by atoms with Crippen LogP contribution in [-0.2, 0) is 6.54 Å². The third kappa shape index (κ3) is 2.28. The van der Waals surface area contributed by atoms with Crippen molar-refractivity contribution in [2.75, 3.05) is 6.79 Å². The zero-order valence-corrected chi connectivity index (χ0v) is 11.6. The third-order valence-electron chi connectivity index (χ3n) is 3.15. The second-order valence-corrected chi connectivity index (χ2v) is 5.27. The Morgan fingerprint density at radius 1 is 1.32 bits per heavy atom. The number of halogens is 1. The molecule has 2 aromatic rings. The molecule has 1 aromatic carbocycles. The quantitative estimate of drug-likeness (QED) is 0.863. The van der Waals surface area contributed by atoms with Crippen LogP contribution in [0.1, 0.15) is 31.2 Å². The van der Waals surface area contributed by atoms with Gasteiger partial charge in [-0.2, -0.15) is 0 Å². The van der Waals surface area contributed by atoms with Crippen molar-refractivity contribution < 1.29 is 9.47 Å². The Kier molecular flexibility index (Phi) is 3.11. The van der Waals surface area contributed by atoms with E-state index in [9.17, 15) is 0 Å². The van der Waals surface area contributed by atoms with E-state index in [1.165, 1.54) is 0 Å². The van der Waals surface area contributed by atoms with E-state index in [0.717, 1.165) is 17.1 Å². The van der Waals surface area contributed by atoms with E-state index in [2.05, 4.69) is 23.4 Å². The smallest absolute Gasteiger partial charge is 0.231 e. The predicted molar refractivity (Wildman–Crippen MR) is 73.0 cm³/mol. The van der Waals surface area contributed by atoms with Gasteiger partial charge in [-0.05, 0) is 11.6 Å². The average Bonchev–Trinajstić information content (AvgIpc) is 2.98. The molecule has 1 aromatic heterocycles. The van der Waals surface area contributed by atoms with Gasteiger partial charge in [0.1, 0.15) is 5.82 Å². The van der Waals surface area contributed by atoms with Crippen LogP contribution < -0.4 is 9.47 Å². The van der Waals surface area contributed by atoms with Crippen LogP contribution in [0.2, 0.25) is 5.02 Å². The van der Waals surface area contributed by atoms with Crippen LogP contribution in [-0.4, -0.2) is 16.3 Å². The lowest BCUT2D eigenvalue weighted by atomic mass is 10.1. The number of aromatic nitrogens is 2. The van der Waals surface area contributed by atoms with Gasteiger partial charge in [0, 0.05) is 29.4 Å². The number of hydrogen-bond acceptors (Lipinski definition) is 3. The largest absolute Gasteiger partial charge is 0.454 e. The average molecular weight is 279 g/mol. The van der Waals surface area contributed by atoms with Gasteiger partial charge < -0.3 is 14.0 Å². The number of nitrogens with zero attached hydrogens (tertiary/aromatic N) is 2. The van der Waals surface area contributed by atoms with E-state index in [4.69, 9.17) is 21.1 Å². The Morgan fingerprint density at radius 3 is 2.79 bits per heavy atom. The summed E-state index contributed by atoms with van der Waals surface area (Å²) in [5.74, 6) is 2.89. The van der Waals surface area contributed by atoms with Crippen LogP contribution in [0.25, 0.3) is 0 Å². The number of rotatable bonds is 3. The van der Waals surface area contributed by atoms with Gasteiger partial charge in [-0.25, -0.2) is 4.98 Å². The molecule has 0 bridgehead atoms. The first-order valence-corrected chi connectivity index (χ1v) is 6.62. The molecule has 100 valence electrons. The minimum atomic E-state index is 0.261. The van der Waals surface area contributed by atoms with Gasteiger partial charge in [-0.15, -0.1) is 0 Å². The van der Waals surface area contributed by atoms with Crippen LogP contribution >= 0.6 is 11.6 Å². The van der Waals surface area contributed by atoms with Crippen molar-refractivity contribution in [3.05, 3.63) is 40.9 Å². The standard InChI is InChI=1S/C14H15ClN2O2/c1-9(2)14-16-3-4-17(14)7-10-5-12-13(6-11(10)15)19-8-18-12/h3-6,9H,7-8H2,1-2H3. The number of benzene rings is 1. The van der Waals surface area contributed by atoms with E-state index >= 15 is 0 Å². The minimum absolute atomic E-state index is 0.261. The van der Waals surface area contributed by atoms with Crippen molar-refractivity contribution in [3.63, 3.8) is 0 Å². The summed E-state index contributed by atoms with van der Waals surface area (Å²) < 4.78 is 12.8. The van der Waals surface area contributed by atoms with Crippen molar-refractivity contribution in [1.29, 1.82) is 0 Å². The first-order chi connectivity index (χ1) is 9.15. The topological polar surface area (TPSA) is 36.3 Å². The van der Waals surface area contributed by atoms with Gasteiger partial charge >= 0.3 is 0 Å². The Balaban J connectivity index is 1.93. The summed E-state index contributed by atoms with van der Waals surface area (Å²) in [7, 11) is 0. The number of ether oxygens (including phenoxy) is 2. The molecule has 19 heavy (non-hydrogen) atoms. The zero-order chi connectivity index (χ0) is 13.4. The summed E-state index contributed by atoms with van der Waals surface area (Å²) in [6.45, 7) is 5.20. The molecule has 4 nitrogen and oxygen atoms in total. The highest BCUT2D eigenvalue weighted by Gasteiger charge is 2.17. The Morgan fingerprint density at radius 2 is 2.05 bits per heavy atom. The Hall–Kier alpha value is -1.68. The summed E-state index contributed by atoms with van der Waals surface area (Å²) in [6, 6.07) is 3.75. The third-order valence-corrected chi connectivity index (χ3v) is 3.50. The molecular weight excluding hydrogens is 264 g/mol. The van der Waals surface area contributed by atoms with E-state index in [1.807, 2.05) is 24.5 Å². The van der Waals surface area contributed by atoms with Crippen LogP contribution in [0, 0.1) is 0 Å². The van der Waals surface area contributed by atoms with Gasteiger partial charge in [-0.3, -0.25) is 0 Å². The highest BCUT2D eigenvalue weighted by Crippen LogP contribution is 2.37. The fourth-order valence-corrected chi connectivity index (χ4v) is 2.43. The highest BCUT2D eigenvalue weighted by molar-refractivity contribution is 6.31. The molecule has 0 saturated carbocycles. The summed E-state index contributed by atoms with van der Waals surface area (Å²) in [5.41, 5.74) is 1.01. The highest BCUT2D eigenvalue weighted by atomic mass is 35.5. The fourth-order valence-electron chi connectivity index (χ4n) is 2.22. The maximum atomic E-state index is 6.29. The molecule has 0 N–H and O–H groups in total. The SMILES string of the molecule is CC(C)c1nccn1Cc1cc2c(cc1Cl)OCO2. The van der Waals surface area contributed by atoms with Crippen molar-refractivity contribution in [2.24, 2.45) is 0 Å². The Bertz CT molecular complexity index is 607. The number of hydrogen-bond donors (Lipinski definition) is 0. The Labute approximate surface area is 116 Å². The van der Waals surface area contributed by atoms with Crippen LogP contribution in [0.3, 0.4) is 0 Å². The van der Waals surface area contributed by atoms with Gasteiger partial charge in [0.15, 0.2) is 11.5 Å². The first-order valence-electron chi connectivity index (χ1n) is 6.24. The predicted octanol–water partition coefficient (Wildman–Crippen LogP) is 3.44. The normalized spacial score (nSPS) is 13.3. The molecule has 1 aliphatic rings. The van der Waals surface area contributed by atoms with Crippen molar-refractivity contribution in [2.45, 2.75) is 26.3 Å². The summed E-state index contributed by atoms with van der Waals surface area (Å²) >= 11 is 6.29. The number of imidazole rings is 1. The van der Waals surface area contributed by atoms with Gasteiger partial charge in [0.05, 0.1) is 6.54 Å². The van der Waals surface area contributed by atoms with Crippen LogP contribution in [0.15, 0.2) is 24.5 Å². The second kappa shape index (κ2) is 4.78. The molecule has 1 aliphatic heterocycles. The minimum Gasteiger partial charge on any atom is -0.454 e. The van der Waals surface area contributed by atoms with Crippen molar-refractivity contribution in [1.82, 2.24) is 9.55 Å². The molecule has 2 heterocycles. The summed E-state index contributed by atoms with van der Waals surface area (Å²) in [6.07, 6.45) is 3.78. The summed E-state index contributed by atoms with van der Waals surface area (Å²) in [4.78, 5) is 4.38. The molecule has 0 unspecified atom stereocenters. The monoisotopic (exact) mass is 278 g/mol. The molecule has 0 amide bonds. The summed E-state index contributed by atoms with van der Waals surface area (Å²) in [5, 5.41) is 0.688. The van der Waals surface area contributed by atoms with Gasteiger partial charge in [-0.1, -0.05) is 25.4 Å². The molecular formula is C14H15ClN2O2. The van der Waals surface area contributed by atoms with E-state index in [1.54, 1.807) is 0 Å². The lowest BCUT2D eigenvalue weighted by molar-refractivity contribution is 0.174. The molecule has 3 rings (SSSR count). The maximum Gasteiger partial charge on any atom is 0.231 e. The molecule has 0 aliphatic carbocycles. The number of fused-ring (bicyclic) bond motifs is 1. The molecule has 0 radical (unpaired) electrons. The molecule has 0 saturated heterocycles. The van der Waals surface area contributed by atoms with Crippen LogP contribution in [0.5, 0.6) is 11.5 Å². The van der Waals surface area contributed by atoms with Crippen LogP contribution in [0.4, 0.5) is 0 Å². The fraction of sp³-hybridized carbons (Fsp3) is 0.357. The van der Waals surface area contributed by atoms with E-state index in [-0.39, 0.29) is 6.79 Å². The molecule has 0 fully saturated rings. The van der Waals surface area contributed by atoms with E-state index in [0.29, 0.717) is 23.2 Å². The van der Waals surface area contributed by atoms with Gasteiger partial charge in [0.2, 0.25) is 6.79 Å². The lowest BCUT2D eigenvalue weighted by Crippen LogP contribution is -2.06. The van der Waals surface area contributed by atoms with E-state index < -0.39 is 0 Å². The second-order valence-electron chi connectivity index (χ2n) is 4.86. The maximum absolute atomic E-state index is 6.29. The lowest BCUT2D eigenvalue weighted by Gasteiger charge is -2.12. The van der Waals surface area contributed by atoms with Crippen molar-refractivity contribution in [3.8, 4) is 11.5 Å². The van der Waals surface area contributed by atoms with Crippen molar-refractivity contribution >= 4 is 11.6 Å². The molecule has 0 atom stereocenters. The first kappa shape index (κ1) is 12.4. The van der Waals surface area contributed by atoms with Gasteiger partial charge in [0.25, 0.3) is 0 Å². The zero-order valence-electron chi connectivity index (χ0n) is 10.9.